The van der Waals surface area contributed by atoms with Crippen molar-refractivity contribution in [3.05, 3.63) is 44.8 Å². The highest BCUT2D eigenvalue weighted by atomic mass is 32.1. The van der Waals surface area contributed by atoms with Gasteiger partial charge in [-0.15, -0.1) is 11.3 Å². The van der Waals surface area contributed by atoms with Crippen molar-refractivity contribution in [3.8, 4) is 0 Å². The molecule has 22 heavy (non-hydrogen) atoms. The molecule has 0 aromatic carbocycles. The van der Waals surface area contributed by atoms with E-state index in [1.807, 2.05) is 31.5 Å². The van der Waals surface area contributed by atoms with E-state index in [4.69, 9.17) is 4.74 Å². The summed E-state index contributed by atoms with van der Waals surface area (Å²) in [5.74, 6) is -0.772. The predicted octanol–water partition coefficient (Wildman–Crippen LogP) is 4.01. The molecular weight excluding hydrogens is 318 g/mol. The van der Waals surface area contributed by atoms with Crippen molar-refractivity contribution in [2.24, 2.45) is 0 Å². The van der Waals surface area contributed by atoms with E-state index in [0.717, 1.165) is 6.42 Å². The summed E-state index contributed by atoms with van der Waals surface area (Å²) in [4.78, 5) is 25.2. The van der Waals surface area contributed by atoms with Crippen molar-refractivity contribution < 1.29 is 14.3 Å². The Balaban J connectivity index is 2.17. The van der Waals surface area contributed by atoms with Crippen LogP contribution in [-0.4, -0.2) is 17.4 Å². The third kappa shape index (κ3) is 4.18. The average molecular weight is 337 g/mol. The summed E-state index contributed by atoms with van der Waals surface area (Å²) >= 11 is 2.76. The normalized spacial score (nSPS) is 12.7. The van der Waals surface area contributed by atoms with Crippen molar-refractivity contribution in [2.45, 2.75) is 38.8 Å². The van der Waals surface area contributed by atoms with Crippen LogP contribution in [0.2, 0.25) is 0 Å². The van der Waals surface area contributed by atoms with Gasteiger partial charge in [0, 0.05) is 11.1 Å². The van der Waals surface area contributed by atoms with Gasteiger partial charge in [-0.25, -0.2) is 4.79 Å². The third-order valence-corrected chi connectivity index (χ3v) is 4.93. The molecule has 0 aliphatic carbocycles. The first-order valence-electron chi connectivity index (χ1n) is 7.01. The summed E-state index contributed by atoms with van der Waals surface area (Å²) in [5, 5.41) is 8.42. The van der Waals surface area contributed by atoms with E-state index in [1.54, 1.807) is 23.6 Å². The van der Waals surface area contributed by atoms with Gasteiger partial charge in [0.25, 0.3) is 5.91 Å². The molecule has 0 radical (unpaired) electrons. The fourth-order valence-corrected chi connectivity index (χ4v) is 3.02. The van der Waals surface area contributed by atoms with E-state index >= 15 is 0 Å². The SMILES string of the molecule is CCC(C)(C)NC(=O)[C@H](OC(=O)c1cccs1)c1ccsc1. The van der Waals surface area contributed by atoms with Gasteiger partial charge in [0.1, 0.15) is 4.88 Å². The van der Waals surface area contributed by atoms with E-state index in [9.17, 15) is 9.59 Å². The molecule has 1 N–H and O–H groups in total. The zero-order valence-electron chi connectivity index (χ0n) is 12.8. The number of thiophene rings is 2. The van der Waals surface area contributed by atoms with Gasteiger partial charge in [-0.05, 0) is 48.5 Å². The Hall–Kier alpha value is -1.66. The van der Waals surface area contributed by atoms with Gasteiger partial charge in [-0.2, -0.15) is 11.3 Å². The molecule has 118 valence electrons. The first-order chi connectivity index (χ1) is 10.4. The van der Waals surface area contributed by atoms with Crippen LogP contribution in [0.4, 0.5) is 0 Å². The van der Waals surface area contributed by atoms with E-state index in [2.05, 4.69) is 5.32 Å². The number of amides is 1. The molecule has 6 heteroatoms. The van der Waals surface area contributed by atoms with Crippen molar-refractivity contribution >= 4 is 34.6 Å². The number of nitrogens with one attached hydrogen (secondary N) is 1. The molecule has 2 heterocycles. The summed E-state index contributed by atoms with van der Waals surface area (Å²) < 4.78 is 5.46. The molecular formula is C16H19NO3S2. The van der Waals surface area contributed by atoms with Crippen LogP contribution in [-0.2, 0) is 9.53 Å². The maximum Gasteiger partial charge on any atom is 0.349 e. The average Bonchev–Trinajstić information content (AvgIpc) is 3.16. The van der Waals surface area contributed by atoms with Crippen molar-refractivity contribution in [1.29, 1.82) is 0 Å². The summed E-state index contributed by atoms with van der Waals surface area (Å²) in [7, 11) is 0. The van der Waals surface area contributed by atoms with Gasteiger partial charge in [0.2, 0.25) is 6.10 Å². The molecule has 1 atom stereocenters. The highest BCUT2D eigenvalue weighted by molar-refractivity contribution is 7.12. The Kier molecular flexibility index (Phi) is 5.37. The molecule has 0 bridgehead atoms. The first kappa shape index (κ1) is 16.7. The number of hydrogen-bond acceptors (Lipinski definition) is 5. The van der Waals surface area contributed by atoms with Gasteiger partial charge in [-0.1, -0.05) is 13.0 Å². The Morgan fingerprint density at radius 3 is 2.64 bits per heavy atom. The van der Waals surface area contributed by atoms with Crippen LogP contribution in [0.25, 0.3) is 0 Å². The number of esters is 1. The molecule has 0 aliphatic heterocycles. The minimum atomic E-state index is -0.924. The van der Waals surface area contributed by atoms with Gasteiger partial charge < -0.3 is 10.1 Å². The minimum absolute atomic E-state index is 0.296. The third-order valence-electron chi connectivity index (χ3n) is 3.38. The number of rotatable bonds is 6. The molecule has 2 rings (SSSR count). The maximum absolute atomic E-state index is 12.5. The number of carbonyl (C=O) groups is 2. The van der Waals surface area contributed by atoms with Gasteiger partial charge in [0.05, 0.1) is 0 Å². The molecule has 4 nitrogen and oxygen atoms in total. The number of ether oxygens (including phenoxy) is 1. The van der Waals surface area contributed by atoms with E-state index in [1.165, 1.54) is 22.7 Å². The Labute approximate surface area is 138 Å². The lowest BCUT2D eigenvalue weighted by molar-refractivity contribution is -0.132. The highest BCUT2D eigenvalue weighted by Gasteiger charge is 2.30. The van der Waals surface area contributed by atoms with Crippen LogP contribution in [0, 0.1) is 0 Å². The van der Waals surface area contributed by atoms with E-state index < -0.39 is 12.1 Å². The zero-order chi connectivity index (χ0) is 16.2. The van der Waals surface area contributed by atoms with Crippen LogP contribution in [0.5, 0.6) is 0 Å². The molecule has 2 aromatic heterocycles. The fraction of sp³-hybridized carbons (Fsp3) is 0.375. The molecule has 1 amide bonds. The second kappa shape index (κ2) is 7.07. The maximum atomic E-state index is 12.5. The zero-order valence-corrected chi connectivity index (χ0v) is 14.4. The summed E-state index contributed by atoms with van der Waals surface area (Å²) in [6.45, 7) is 5.88. The lowest BCUT2D eigenvalue weighted by atomic mass is 10.0. The van der Waals surface area contributed by atoms with Crippen molar-refractivity contribution in [2.75, 3.05) is 0 Å². The molecule has 0 saturated carbocycles. The van der Waals surface area contributed by atoms with E-state index in [0.29, 0.717) is 10.4 Å². The lowest BCUT2D eigenvalue weighted by Crippen LogP contribution is -2.45. The van der Waals surface area contributed by atoms with Gasteiger partial charge in [-0.3, -0.25) is 4.79 Å². The molecule has 0 saturated heterocycles. The minimum Gasteiger partial charge on any atom is -0.443 e. The molecule has 2 aromatic rings. The van der Waals surface area contributed by atoms with Crippen molar-refractivity contribution in [3.63, 3.8) is 0 Å². The summed E-state index contributed by atoms with van der Waals surface area (Å²) in [5.41, 5.74) is 0.347. The number of carbonyl (C=O) groups excluding carboxylic acids is 2. The summed E-state index contributed by atoms with van der Waals surface area (Å²) in [6.07, 6.45) is -0.139. The van der Waals surface area contributed by atoms with Crippen LogP contribution >= 0.6 is 22.7 Å². The van der Waals surface area contributed by atoms with Gasteiger partial charge in [0.15, 0.2) is 0 Å². The van der Waals surface area contributed by atoms with Crippen LogP contribution in [0.1, 0.15) is 48.5 Å². The van der Waals surface area contributed by atoms with Crippen LogP contribution < -0.4 is 5.32 Å². The molecule has 0 spiro atoms. The Bertz CT molecular complexity index is 618. The monoisotopic (exact) mass is 337 g/mol. The summed E-state index contributed by atoms with van der Waals surface area (Å²) in [6, 6.07) is 5.27. The van der Waals surface area contributed by atoms with Crippen LogP contribution in [0.15, 0.2) is 34.3 Å². The quantitative estimate of drug-likeness (QED) is 0.810. The van der Waals surface area contributed by atoms with Crippen molar-refractivity contribution in [1.82, 2.24) is 5.32 Å². The Morgan fingerprint density at radius 1 is 1.32 bits per heavy atom. The molecule has 0 fully saturated rings. The predicted molar refractivity (Wildman–Crippen MR) is 89.3 cm³/mol. The lowest BCUT2D eigenvalue weighted by Gasteiger charge is -2.27. The Morgan fingerprint density at radius 2 is 2.09 bits per heavy atom. The second-order valence-electron chi connectivity index (χ2n) is 5.55. The largest absolute Gasteiger partial charge is 0.443 e. The number of hydrogen-bond donors (Lipinski definition) is 1. The smallest absolute Gasteiger partial charge is 0.349 e. The molecule has 0 unspecified atom stereocenters. The topological polar surface area (TPSA) is 55.4 Å². The van der Waals surface area contributed by atoms with Crippen LogP contribution in [0.3, 0.4) is 0 Å². The standard InChI is InChI=1S/C16H19NO3S2/c1-4-16(2,3)17-14(18)13(11-7-9-21-10-11)20-15(19)12-6-5-8-22-12/h5-10,13H,4H2,1-3H3,(H,17,18)/t13-/m1/s1. The van der Waals surface area contributed by atoms with E-state index in [-0.39, 0.29) is 11.4 Å². The molecule has 0 aliphatic rings. The first-order valence-corrected chi connectivity index (χ1v) is 8.84. The second-order valence-corrected chi connectivity index (χ2v) is 7.27. The highest BCUT2D eigenvalue weighted by Crippen LogP contribution is 2.24. The fourth-order valence-electron chi connectivity index (χ4n) is 1.74. The van der Waals surface area contributed by atoms with Gasteiger partial charge >= 0.3 is 5.97 Å².